The highest BCUT2D eigenvalue weighted by molar-refractivity contribution is 5.86. The zero-order chi connectivity index (χ0) is 21.4. The van der Waals surface area contributed by atoms with Crippen LogP contribution in [0.4, 0.5) is 0 Å². The maximum atomic E-state index is 12.5. The highest BCUT2D eigenvalue weighted by atomic mass is 16.5. The number of nitrogens with zero attached hydrogens (tertiary/aromatic N) is 1. The number of aryl methyl sites for hydroxylation is 2. The number of aromatic nitrogens is 1. The number of ether oxygens (including phenoxy) is 1. The number of nitrogens with one attached hydrogen (secondary N) is 1. The molecular formula is C23H26N2O5. The van der Waals surface area contributed by atoms with Crippen LogP contribution in [0.3, 0.4) is 0 Å². The van der Waals surface area contributed by atoms with Gasteiger partial charge in [0.1, 0.15) is 22.8 Å². The SMILES string of the molecule is Cc1c(OC(C)C(=O)NCc2cc(C(C)C)on2)ccc2c3c(c(=O)oc12)CCC3. The molecule has 1 amide bonds. The molecule has 1 aliphatic carbocycles. The standard InChI is InChI=1S/C23H26N2O5/c1-12(2)20-10-15(25-30-20)11-24-22(26)14(4)28-19-9-8-17-16-6-5-7-18(16)23(27)29-21(17)13(19)3/h8-10,12,14H,5-7,11H2,1-4H3,(H,24,26). The summed E-state index contributed by atoms with van der Waals surface area (Å²) in [6.07, 6.45) is 1.90. The van der Waals surface area contributed by atoms with Crippen LogP contribution in [0.1, 0.15) is 61.3 Å². The number of carbonyl (C=O) groups excluding carboxylic acids is 1. The molecule has 4 rings (SSSR count). The third-order valence-corrected chi connectivity index (χ3v) is 5.60. The first-order chi connectivity index (χ1) is 14.3. The van der Waals surface area contributed by atoms with Crippen LogP contribution in [0.5, 0.6) is 5.75 Å². The van der Waals surface area contributed by atoms with Crippen molar-refractivity contribution in [2.45, 2.75) is 65.5 Å². The molecule has 0 radical (unpaired) electrons. The second kappa shape index (κ2) is 7.97. The van der Waals surface area contributed by atoms with Gasteiger partial charge in [0.2, 0.25) is 0 Å². The van der Waals surface area contributed by atoms with Crippen molar-refractivity contribution < 1.29 is 18.5 Å². The molecule has 3 aromatic rings. The molecule has 1 atom stereocenters. The second-order valence-electron chi connectivity index (χ2n) is 8.12. The Labute approximate surface area is 174 Å². The van der Waals surface area contributed by atoms with Crippen molar-refractivity contribution in [3.05, 3.63) is 56.8 Å². The molecule has 0 fully saturated rings. The highest BCUT2D eigenvalue weighted by Gasteiger charge is 2.23. The van der Waals surface area contributed by atoms with Gasteiger partial charge in [0, 0.05) is 28.5 Å². The molecular weight excluding hydrogens is 384 g/mol. The third kappa shape index (κ3) is 3.72. The van der Waals surface area contributed by atoms with Gasteiger partial charge in [-0.1, -0.05) is 19.0 Å². The molecule has 30 heavy (non-hydrogen) atoms. The molecule has 0 saturated carbocycles. The lowest BCUT2D eigenvalue weighted by atomic mass is 10.0. The third-order valence-electron chi connectivity index (χ3n) is 5.60. The molecule has 1 N–H and O–H groups in total. The van der Waals surface area contributed by atoms with E-state index in [0.717, 1.165) is 47.1 Å². The summed E-state index contributed by atoms with van der Waals surface area (Å²) in [5.74, 6) is 1.28. The Morgan fingerprint density at radius 1 is 1.23 bits per heavy atom. The zero-order valence-electron chi connectivity index (χ0n) is 17.7. The van der Waals surface area contributed by atoms with Crippen molar-refractivity contribution in [3.8, 4) is 5.75 Å². The summed E-state index contributed by atoms with van der Waals surface area (Å²) >= 11 is 0. The van der Waals surface area contributed by atoms with Crippen LogP contribution in [0, 0.1) is 6.92 Å². The van der Waals surface area contributed by atoms with Gasteiger partial charge in [0.15, 0.2) is 6.10 Å². The first-order valence-corrected chi connectivity index (χ1v) is 10.3. The van der Waals surface area contributed by atoms with Crippen LogP contribution in [-0.4, -0.2) is 17.2 Å². The number of amides is 1. The monoisotopic (exact) mass is 410 g/mol. The summed E-state index contributed by atoms with van der Waals surface area (Å²) in [4.78, 5) is 24.8. The van der Waals surface area contributed by atoms with E-state index in [1.807, 2.05) is 39.0 Å². The molecule has 2 aromatic heterocycles. The maximum absolute atomic E-state index is 12.5. The van der Waals surface area contributed by atoms with Crippen molar-refractivity contribution in [2.75, 3.05) is 0 Å². The van der Waals surface area contributed by atoms with Crippen LogP contribution in [-0.2, 0) is 24.2 Å². The number of benzene rings is 1. The van der Waals surface area contributed by atoms with Gasteiger partial charge in [-0.2, -0.15) is 0 Å². The van der Waals surface area contributed by atoms with Crippen LogP contribution in [0.2, 0.25) is 0 Å². The van der Waals surface area contributed by atoms with Gasteiger partial charge in [-0.05, 0) is 50.8 Å². The number of rotatable bonds is 6. The Hall–Kier alpha value is -3.09. The summed E-state index contributed by atoms with van der Waals surface area (Å²) in [6.45, 7) is 7.82. The Morgan fingerprint density at radius 3 is 2.73 bits per heavy atom. The smallest absolute Gasteiger partial charge is 0.339 e. The first-order valence-electron chi connectivity index (χ1n) is 10.3. The van der Waals surface area contributed by atoms with E-state index in [1.165, 1.54) is 0 Å². The summed E-state index contributed by atoms with van der Waals surface area (Å²) in [6, 6.07) is 5.59. The van der Waals surface area contributed by atoms with Crippen molar-refractivity contribution in [1.29, 1.82) is 0 Å². The number of hydrogen-bond donors (Lipinski definition) is 1. The Balaban J connectivity index is 1.47. The second-order valence-corrected chi connectivity index (χ2v) is 8.12. The molecule has 7 nitrogen and oxygen atoms in total. The molecule has 158 valence electrons. The largest absolute Gasteiger partial charge is 0.480 e. The summed E-state index contributed by atoms with van der Waals surface area (Å²) in [5, 5.41) is 7.73. The van der Waals surface area contributed by atoms with Gasteiger partial charge >= 0.3 is 5.63 Å². The van der Waals surface area contributed by atoms with Gasteiger partial charge < -0.3 is 19.0 Å². The minimum absolute atomic E-state index is 0.237. The summed E-state index contributed by atoms with van der Waals surface area (Å²) < 4.78 is 16.7. The summed E-state index contributed by atoms with van der Waals surface area (Å²) in [7, 11) is 0. The summed E-state index contributed by atoms with van der Waals surface area (Å²) in [5.41, 5.74) is 3.52. The minimum Gasteiger partial charge on any atom is -0.480 e. The molecule has 2 heterocycles. The van der Waals surface area contributed by atoms with E-state index in [2.05, 4.69) is 10.5 Å². The minimum atomic E-state index is -0.723. The Kier molecular flexibility index (Phi) is 5.37. The van der Waals surface area contributed by atoms with E-state index in [0.29, 0.717) is 17.0 Å². The van der Waals surface area contributed by atoms with Crippen molar-refractivity contribution in [2.24, 2.45) is 0 Å². The average molecular weight is 410 g/mol. The zero-order valence-corrected chi connectivity index (χ0v) is 17.7. The molecule has 1 aromatic carbocycles. The van der Waals surface area contributed by atoms with E-state index in [9.17, 15) is 9.59 Å². The first kappa shape index (κ1) is 20.2. The van der Waals surface area contributed by atoms with Gasteiger partial charge in [0.25, 0.3) is 5.91 Å². The quantitative estimate of drug-likeness (QED) is 0.622. The van der Waals surface area contributed by atoms with Crippen molar-refractivity contribution >= 4 is 16.9 Å². The van der Waals surface area contributed by atoms with Gasteiger partial charge in [-0.15, -0.1) is 0 Å². The molecule has 7 heteroatoms. The average Bonchev–Trinajstić information content (AvgIpc) is 3.39. The fourth-order valence-electron chi connectivity index (χ4n) is 3.84. The lowest BCUT2D eigenvalue weighted by Crippen LogP contribution is -2.36. The number of fused-ring (bicyclic) bond motifs is 3. The van der Waals surface area contributed by atoms with Crippen LogP contribution >= 0.6 is 0 Å². The normalized spacial score (nSPS) is 14.2. The molecule has 0 saturated heterocycles. The lowest BCUT2D eigenvalue weighted by molar-refractivity contribution is -0.127. The lowest BCUT2D eigenvalue weighted by Gasteiger charge is -2.17. The predicted octanol–water partition coefficient (Wildman–Crippen LogP) is 3.79. The molecule has 0 spiro atoms. The Morgan fingerprint density at radius 2 is 2.00 bits per heavy atom. The molecule has 1 unspecified atom stereocenters. The fourth-order valence-corrected chi connectivity index (χ4v) is 3.84. The molecule has 0 bridgehead atoms. The van der Waals surface area contributed by atoms with E-state index in [1.54, 1.807) is 6.92 Å². The number of hydrogen-bond acceptors (Lipinski definition) is 6. The topological polar surface area (TPSA) is 94.6 Å². The predicted molar refractivity (Wildman–Crippen MR) is 112 cm³/mol. The van der Waals surface area contributed by atoms with E-state index in [-0.39, 0.29) is 24.0 Å². The number of carbonyl (C=O) groups is 1. The van der Waals surface area contributed by atoms with Crippen LogP contribution in [0.25, 0.3) is 11.0 Å². The highest BCUT2D eigenvalue weighted by Crippen LogP contribution is 2.33. The van der Waals surface area contributed by atoms with E-state index in [4.69, 9.17) is 13.7 Å². The van der Waals surface area contributed by atoms with Crippen LogP contribution in [0.15, 0.2) is 31.9 Å². The fraction of sp³-hybridized carbons (Fsp3) is 0.435. The van der Waals surface area contributed by atoms with E-state index >= 15 is 0 Å². The van der Waals surface area contributed by atoms with Gasteiger partial charge in [-0.3, -0.25) is 4.79 Å². The maximum Gasteiger partial charge on any atom is 0.339 e. The van der Waals surface area contributed by atoms with E-state index < -0.39 is 6.10 Å². The van der Waals surface area contributed by atoms with Crippen molar-refractivity contribution in [3.63, 3.8) is 0 Å². The van der Waals surface area contributed by atoms with Gasteiger partial charge in [-0.25, -0.2) is 4.79 Å². The van der Waals surface area contributed by atoms with Gasteiger partial charge in [0.05, 0.1) is 6.54 Å². The van der Waals surface area contributed by atoms with Crippen LogP contribution < -0.4 is 15.7 Å². The molecule has 0 aliphatic heterocycles. The Bertz CT molecular complexity index is 1160. The molecule has 1 aliphatic rings. The van der Waals surface area contributed by atoms with Crippen molar-refractivity contribution in [1.82, 2.24) is 10.5 Å².